The molecule has 2 fully saturated rings. The van der Waals surface area contributed by atoms with Crippen molar-refractivity contribution >= 4 is 11.7 Å². The molecule has 1 saturated carbocycles. The minimum absolute atomic E-state index is 0.00969. The van der Waals surface area contributed by atoms with Gasteiger partial charge >= 0.3 is 18.3 Å². The molecule has 2 heterocycles. The van der Waals surface area contributed by atoms with Gasteiger partial charge in [0, 0.05) is 13.6 Å². The second-order valence-electron chi connectivity index (χ2n) is 11.7. The van der Waals surface area contributed by atoms with Gasteiger partial charge in [0.1, 0.15) is 12.4 Å². The van der Waals surface area contributed by atoms with Gasteiger partial charge in [0.25, 0.3) is 0 Å². The lowest BCUT2D eigenvalue weighted by molar-refractivity contribution is -0.142. The fourth-order valence-electron chi connectivity index (χ4n) is 6.55. The number of hydrogen-bond donors (Lipinski definition) is 1. The third-order valence-electron chi connectivity index (χ3n) is 9.02. The Hall–Kier alpha value is -2.95. The first-order valence-electron chi connectivity index (χ1n) is 14.0. The van der Waals surface area contributed by atoms with Gasteiger partial charge in [-0.3, -0.25) is 9.69 Å². The van der Waals surface area contributed by atoms with E-state index >= 15 is 0 Å². The molecule has 0 spiro atoms. The van der Waals surface area contributed by atoms with E-state index in [9.17, 15) is 36.2 Å². The van der Waals surface area contributed by atoms with Crippen LogP contribution in [-0.4, -0.2) is 48.8 Å². The quantitative estimate of drug-likeness (QED) is 0.354. The third kappa shape index (κ3) is 6.29. The van der Waals surface area contributed by atoms with Crippen LogP contribution in [0.25, 0.3) is 0 Å². The van der Waals surface area contributed by atoms with Crippen molar-refractivity contribution in [2.75, 3.05) is 31.6 Å². The normalized spacial score (nSPS) is 22.1. The number of hydrogen-bond acceptors (Lipinski definition) is 4. The number of halogens is 6. The molecule has 2 aromatic carbocycles. The number of nitrogens with zero attached hydrogens (tertiary/aromatic N) is 2. The van der Waals surface area contributed by atoms with Crippen LogP contribution in [-0.2, 0) is 23.7 Å². The van der Waals surface area contributed by atoms with Crippen LogP contribution in [0.3, 0.4) is 0 Å². The molecule has 5 rings (SSSR count). The maximum Gasteiger partial charge on any atom is 0.416 e. The van der Waals surface area contributed by atoms with Gasteiger partial charge in [-0.1, -0.05) is 13.0 Å². The standard InChI is InChI=1S/C30H34F6N2O3/c1-17(28(39)40)27(19-3-4-19)20-5-8-26-24(14-20)37(2)25(16-41-26)18-9-11-38(12-10-18)15-21-13-22(29(31,32)33)6-7-23(21)30(34,35)36/h5-8,13-14,17-19,25,27H,3-4,9-12,15-16H2,1-2H3,(H,39,40)/t17-,25-,27+/m0/s1. The first kappa shape index (κ1) is 29.5. The van der Waals surface area contributed by atoms with Gasteiger partial charge in [-0.05, 0) is 98.0 Å². The number of carbonyl (C=O) groups is 1. The second-order valence-corrected chi connectivity index (χ2v) is 11.7. The molecule has 0 radical (unpaired) electrons. The topological polar surface area (TPSA) is 53.0 Å². The molecule has 224 valence electrons. The SMILES string of the molecule is C[C@H](C(=O)O)[C@@H](c1ccc2c(c1)N(C)[C@H](C1CCN(Cc3cc(C(F)(F)F)ccc3C(F)(F)F)CC1)CO2)C1CC1. The highest BCUT2D eigenvalue weighted by molar-refractivity contribution is 5.72. The zero-order chi connectivity index (χ0) is 29.7. The number of piperidine rings is 1. The number of likely N-dealkylation sites (tertiary alicyclic amines) is 1. The summed E-state index contributed by atoms with van der Waals surface area (Å²) < 4.78 is 86.4. The van der Waals surface area contributed by atoms with Gasteiger partial charge in [-0.25, -0.2) is 0 Å². The molecule has 0 unspecified atom stereocenters. The minimum atomic E-state index is -4.74. The Labute approximate surface area is 235 Å². The van der Waals surface area contributed by atoms with Gasteiger partial charge in [0.05, 0.1) is 28.8 Å². The maximum atomic E-state index is 13.6. The zero-order valence-electron chi connectivity index (χ0n) is 22.9. The van der Waals surface area contributed by atoms with Crippen LogP contribution >= 0.6 is 0 Å². The summed E-state index contributed by atoms with van der Waals surface area (Å²) in [4.78, 5) is 15.7. The maximum absolute atomic E-state index is 13.6. The number of rotatable bonds is 7. The molecule has 1 saturated heterocycles. The van der Waals surface area contributed by atoms with Gasteiger partial charge in [0.15, 0.2) is 0 Å². The van der Waals surface area contributed by atoms with E-state index in [-0.39, 0.29) is 30.0 Å². The van der Waals surface area contributed by atoms with E-state index in [1.54, 1.807) is 11.8 Å². The van der Waals surface area contributed by atoms with Crippen LogP contribution in [0, 0.1) is 17.8 Å². The average Bonchev–Trinajstić information content (AvgIpc) is 3.74. The van der Waals surface area contributed by atoms with E-state index in [0.29, 0.717) is 56.7 Å². The van der Waals surface area contributed by atoms with Crippen molar-refractivity contribution in [1.82, 2.24) is 4.90 Å². The average molecular weight is 585 g/mol. The summed E-state index contributed by atoms with van der Waals surface area (Å²) in [5.74, 6) is -0.150. The highest BCUT2D eigenvalue weighted by atomic mass is 19.4. The van der Waals surface area contributed by atoms with Crippen LogP contribution in [0.4, 0.5) is 32.0 Å². The number of anilines is 1. The van der Waals surface area contributed by atoms with E-state index in [1.165, 1.54) is 0 Å². The predicted octanol–water partition coefficient (Wildman–Crippen LogP) is 7.05. The fraction of sp³-hybridized carbons (Fsp3) is 0.567. The molecule has 2 aromatic rings. The molecule has 3 atom stereocenters. The number of carboxylic acids is 1. The summed E-state index contributed by atoms with van der Waals surface area (Å²) in [5, 5.41) is 9.67. The lowest BCUT2D eigenvalue weighted by Crippen LogP contribution is -2.49. The third-order valence-corrected chi connectivity index (χ3v) is 9.02. The van der Waals surface area contributed by atoms with Crippen molar-refractivity contribution in [3.8, 4) is 5.75 Å². The molecule has 1 N–H and O–H groups in total. The molecule has 3 aliphatic rings. The number of fused-ring (bicyclic) bond motifs is 1. The van der Waals surface area contributed by atoms with Crippen LogP contribution in [0.1, 0.15) is 60.8 Å². The summed E-state index contributed by atoms with van der Waals surface area (Å²) in [7, 11) is 1.98. The Morgan fingerprint density at radius 1 is 1.00 bits per heavy atom. The predicted molar refractivity (Wildman–Crippen MR) is 141 cm³/mol. The van der Waals surface area contributed by atoms with Crippen molar-refractivity contribution in [3.05, 3.63) is 58.7 Å². The summed E-state index contributed by atoms with van der Waals surface area (Å²) >= 11 is 0. The summed E-state index contributed by atoms with van der Waals surface area (Å²) in [5.41, 5.74) is -0.624. The minimum Gasteiger partial charge on any atom is -0.489 e. The van der Waals surface area contributed by atoms with Gasteiger partial charge in [-0.2, -0.15) is 26.3 Å². The second kappa shape index (κ2) is 11.0. The summed E-state index contributed by atoms with van der Waals surface area (Å²) in [6.07, 6.45) is -6.12. The van der Waals surface area contributed by atoms with Crippen molar-refractivity contribution in [1.29, 1.82) is 0 Å². The molecule has 0 aromatic heterocycles. The fourth-order valence-corrected chi connectivity index (χ4v) is 6.55. The number of aliphatic carboxylic acids is 1. The number of likely N-dealkylation sites (N-methyl/N-ethyl adjacent to an activating group) is 1. The van der Waals surface area contributed by atoms with Gasteiger partial charge in [-0.15, -0.1) is 0 Å². The Kier molecular flexibility index (Phi) is 7.95. The Morgan fingerprint density at radius 3 is 2.27 bits per heavy atom. The lowest BCUT2D eigenvalue weighted by Gasteiger charge is -2.43. The molecule has 2 aliphatic heterocycles. The highest BCUT2D eigenvalue weighted by Gasteiger charge is 2.41. The number of benzene rings is 2. The molecule has 5 nitrogen and oxygen atoms in total. The van der Waals surface area contributed by atoms with Crippen LogP contribution < -0.4 is 9.64 Å². The molecular formula is C30H34F6N2O3. The number of alkyl halides is 6. The summed E-state index contributed by atoms with van der Waals surface area (Å²) in [6, 6.07) is 7.52. The highest BCUT2D eigenvalue weighted by Crippen LogP contribution is 2.49. The van der Waals surface area contributed by atoms with E-state index in [1.807, 2.05) is 25.2 Å². The summed E-state index contributed by atoms with van der Waals surface area (Å²) in [6.45, 7) is 2.89. The largest absolute Gasteiger partial charge is 0.489 e. The van der Waals surface area contributed by atoms with Gasteiger partial charge < -0.3 is 14.7 Å². The molecule has 1 aliphatic carbocycles. The van der Waals surface area contributed by atoms with Gasteiger partial charge in [0.2, 0.25) is 0 Å². The van der Waals surface area contributed by atoms with Crippen molar-refractivity contribution in [2.24, 2.45) is 17.8 Å². The first-order chi connectivity index (χ1) is 19.2. The van der Waals surface area contributed by atoms with Crippen molar-refractivity contribution < 1.29 is 41.0 Å². The molecule has 11 heteroatoms. The Bertz CT molecular complexity index is 1270. The van der Waals surface area contributed by atoms with Crippen LogP contribution in [0.5, 0.6) is 5.75 Å². The molecule has 41 heavy (non-hydrogen) atoms. The smallest absolute Gasteiger partial charge is 0.416 e. The van der Waals surface area contributed by atoms with E-state index in [0.717, 1.165) is 29.8 Å². The van der Waals surface area contributed by atoms with E-state index in [2.05, 4.69) is 4.90 Å². The zero-order valence-corrected chi connectivity index (χ0v) is 22.9. The Balaban J connectivity index is 1.28. The molecule has 0 amide bonds. The van der Waals surface area contributed by atoms with E-state index < -0.39 is 35.4 Å². The molecular weight excluding hydrogens is 550 g/mol. The van der Waals surface area contributed by atoms with E-state index in [4.69, 9.17) is 4.74 Å². The van der Waals surface area contributed by atoms with Crippen LogP contribution in [0.2, 0.25) is 0 Å². The van der Waals surface area contributed by atoms with Crippen LogP contribution in [0.15, 0.2) is 36.4 Å². The number of ether oxygens (including phenoxy) is 1. The monoisotopic (exact) mass is 584 g/mol. The molecule has 0 bridgehead atoms. The Morgan fingerprint density at radius 2 is 1.68 bits per heavy atom. The number of carboxylic acid groups (broad SMARTS) is 1. The van der Waals surface area contributed by atoms with Crippen molar-refractivity contribution in [2.45, 2.75) is 63.5 Å². The van der Waals surface area contributed by atoms with Crippen molar-refractivity contribution in [3.63, 3.8) is 0 Å². The lowest BCUT2D eigenvalue weighted by atomic mass is 9.82. The first-order valence-corrected chi connectivity index (χ1v) is 14.0.